The average molecular weight is 304 g/mol. The minimum Gasteiger partial charge on any atom is -0.484 e. The molecular weight excluding hydrogens is 293 g/mol. The third-order valence-electron chi connectivity index (χ3n) is 2.28. The van der Waals surface area contributed by atoms with E-state index in [1.54, 1.807) is 23.9 Å². The lowest BCUT2D eigenvalue weighted by Gasteiger charge is -2.09. The molecule has 1 aromatic heterocycles. The fourth-order valence-corrected chi connectivity index (χ4v) is 2.14. The van der Waals surface area contributed by atoms with E-state index in [-0.39, 0.29) is 5.75 Å². The van der Waals surface area contributed by atoms with Gasteiger partial charge in [-0.05, 0) is 28.1 Å². The van der Waals surface area contributed by atoms with E-state index >= 15 is 0 Å². The monoisotopic (exact) mass is 304 g/mol. The van der Waals surface area contributed by atoms with Crippen LogP contribution in [0, 0.1) is 0 Å². The largest absolute Gasteiger partial charge is 0.484 e. The Balaban J connectivity index is 1.87. The normalized spacial score (nSPS) is 11.6. The third kappa shape index (κ3) is 4.41. The van der Waals surface area contributed by atoms with Crippen molar-refractivity contribution in [2.75, 3.05) is 6.61 Å². The Kier molecular flexibility index (Phi) is 4.48. The number of halogens is 3. The summed E-state index contributed by atoms with van der Waals surface area (Å²) in [6.45, 7) is -1.29. The van der Waals surface area contributed by atoms with Gasteiger partial charge in [-0.1, -0.05) is 23.9 Å². The first-order chi connectivity index (χ1) is 9.44. The first-order valence-corrected chi connectivity index (χ1v) is 6.56. The molecule has 0 aliphatic carbocycles. The number of hydrogen-bond donors (Lipinski definition) is 0. The Morgan fingerprint density at radius 2 is 1.95 bits per heavy atom. The molecule has 0 spiro atoms. The van der Waals surface area contributed by atoms with Gasteiger partial charge in [0.25, 0.3) is 0 Å². The van der Waals surface area contributed by atoms with E-state index in [9.17, 15) is 13.2 Å². The van der Waals surface area contributed by atoms with Crippen LogP contribution in [0.4, 0.5) is 13.2 Å². The molecule has 2 rings (SSSR count). The van der Waals surface area contributed by atoms with E-state index in [1.165, 1.54) is 23.9 Å². The van der Waals surface area contributed by atoms with Crippen molar-refractivity contribution in [3.63, 3.8) is 0 Å². The molecule has 20 heavy (non-hydrogen) atoms. The summed E-state index contributed by atoms with van der Waals surface area (Å²) in [6, 6.07) is 6.44. The number of alkyl halides is 3. The molecular formula is C11H11F3N4OS. The van der Waals surface area contributed by atoms with Crippen molar-refractivity contribution in [2.24, 2.45) is 7.05 Å². The summed E-state index contributed by atoms with van der Waals surface area (Å²) in [5.41, 5.74) is 0.942. The van der Waals surface area contributed by atoms with Gasteiger partial charge in [-0.2, -0.15) is 13.2 Å². The molecule has 0 amide bonds. The number of aromatic nitrogens is 4. The summed E-state index contributed by atoms with van der Waals surface area (Å²) >= 11 is 1.44. The van der Waals surface area contributed by atoms with Crippen LogP contribution in [-0.4, -0.2) is 33.0 Å². The molecule has 0 aliphatic rings. The zero-order chi connectivity index (χ0) is 14.6. The summed E-state index contributed by atoms with van der Waals surface area (Å²) < 4.78 is 42.1. The summed E-state index contributed by atoms with van der Waals surface area (Å²) in [5.74, 6) is 0.810. The first kappa shape index (κ1) is 14.6. The molecule has 1 aromatic carbocycles. The quantitative estimate of drug-likeness (QED) is 0.794. The van der Waals surface area contributed by atoms with Crippen LogP contribution in [0.3, 0.4) is 0 Å². The highest BCUT2D eigenvalue weighted by Gasteiger charge is 2.28. The van der Waals surface area contributed by atoms with Gasteiger partial charge in [-0.3, -0.25) is 0 Å². The van der Waals surface area contributed by atoms with Crippen molar-refractivity contribution < 1.29 is 17.9 Å². The van der Waals surface area contributed by atoms with E-state index in [4.69, 9.17) is 0 Å². The molecule has 0 atom stereocenters. The van der Waals surface area contributed by atoms with Crippen molar-refractivity contribution in [3.05, 3.63) is 29.8 Å². The SMILES string of the molecule is Cn1nnnc1SCc1ccc(OCC(F)(F)F)cc1. The highest BCUT2D eigenvalue weighted by Crippen LogP contribution is 2.22. The van der Waals surface area contributed by atoms with Crippen molar-refractivity contribution in [1.29, 1.82) is 0 Å². The second-order valence-corrected chi connectivity index (χ2v) is 4.86. The van der Waals surface area contributed by atoms with Crippen LogP contribution < -0.4 is 4.74 Å². The molecule has 2 aromatic rings. The van der Waals surface area contributed by atoms with Gasteiger partial charge < -0.3 is 4.74 Å². The van der Waals surface area contributed by atoms with E-state index in [0.29, 0.717) is 10.9 Å². The molecule has 0 saturated carbocycles. The highest BCUT2D eigenvalue weighted by molar-refractivity contribution is 7.98. The third-order valence-corrected chi connectivity index (χ3v) is 3.36. The van der Waals surface area contributed by atoms with E-state index in [0.717, 1.165) is 5.56 Å². The van der Waals surface area contributed by atoms with Gasteiger partial charge in [0.1, 0.15) is 5.75 Å². The molecule has 0 saturated heterocycles. The number of thioether (sulfide) groups is 1. The van der Waals surface area contributed by atoms with Gasteiger partial charge in [0, 0.05) is 12.8 Å². The number of hydrogen-bond acceptors (Lipinski definition) is 5. The smallest absolute Gasteiger partial charge is 0.422 e. The lowest BCUT2D eigenvalue weighted by atomic mass is 10.2. The molecule has 0 unspecified atom stereocenters. The van der Waals surface area contributed by atoms with Crippen molar-refractivity contribution in [1.82, 2.24) is 20.2 Å². The molecule has 0 aliphatic heterocycles. The van der Waals surface area contributed by atoms with Gasteiger partial charge in [0.2, 0.25) is 5.16 Å². The predicted molar refractivity (Wildman–Crippen MR) is 66.4 cm³/mol. The molecule has 0 N–H and O–H groups in total. The Morgan fingerprint density at radius 1 is 1.25 bits per heavy atom. The van der Waals surface area contributed by atoms with Gasteiger partial charge in [-0.15, -0.1) is 5.10 Å². The van der Waals surface area contributed by atoms with E-state index in [2.05, 4.69) is 20.3 Å². The van der Waals surface area contributed by atoms with E-state index < -0.39 is 12.8 Å². The number of benzene rings is 1. The minimum absolute atomic E-state index is 0.191. The van der Waals surface area contributed by atoms with Crippen molar-refractivity contribution in [3.8, 4) is 5.75 Å². The molecule has 5 nitrogen and oxygen atoms in total. The van der Waals surface area contributed by atoms with Crippen LogP contribution in [0.5, 0.6) is 5.75 Å². The Bertz CT molecular complexity index is 556. The first-order valence-electron chi connectivity index (χ1n) is 5.58. The molecule has 108 valence electrons. The average Bonchev–Trinajstić information content (AvgIpc) is 2.80. The Morgan fingerprint density at radius 3 is 2.50 bits per heavy atom. The van der Waals surface area contributed by atoms with Crippen molar-refractivity contribution in [2.45, 2.75) is 17.1 Å². The number of nitrogens with zero attached hydrogens (tertiary/aromatic N) is 4. The zero-order valence-corrected chi connectivity index (χ0v) is 11.3. The molecule has 0 radical (unpaired) electrons. The molecule has 9 heteroatoms. The molecule has 0 bridgehead atoms. The van der Waals surface area contributed by atoms with Crippen molar-refractivity contribution >= 4 is 11.8 Å². The second-order valence-electron chi connectivity index (χ2n) is 3.92. The number of aryl methyl sites for hydroxylation is 1. The summed E-state index contributed by atoms with van der Waals surface area (Å²) in [4.78, 5) is 0. The Labute approximate surface area is 117 Å². The minimum atomic E-state index is -4.33. The number of ether oxygens (including phenoxy) is 1. The summed E-state index contributed by atoms with van der Waals surface area (Å²) in [6.07, 6.45) is -4.33. The fourth-order valence-electron chi connectivity index (χ4n) is 1.34. The zero-order valence-electron chi connectivity index (χ0n) is 10.5. The predicted octanol–water partition coefficient (Wildman–Crippen LogP) is 2.44. The van der Waals surface area contributed by atoms with E-state index in [1.807, 2.05) is 0 Å². The van der Waals surface area contributed by atoms with Gasteiger partial charge in [0.15, 0.2) is 6.61 Å². The lowest BCUT2D eigenvalue weighted by molar-refractivity contribution is -0.153. The van der Waals surface area contributed by atoms with Crippen LogP contribution in [0.15, 0.2) is 29.4 Å². The lowest BCUT2D eigenvalue weighted by Crippen LogP contribution is -2.19. The maximum atomic E-state index is 12.0. The van der Waals surface area contributed by atoms with Gasteiger partial charge >= 0.3 is 6.18 Å². The fraction of sp³-hybridized carbons (Fsp3) is 0.364. The maximum absolute atomic E-state index is 12.0. The van der Waals surface area contributed by atoms with Crippen LogP contribution in [0.2, 0.25) is 0 Å². The summed E-state index contributed by atoms with van der Waals surface area (Å²) in [7, 11) is 1.73. The number of rotatable bonds is 5. The summed E-state index contributed by atoms with van der Waals surface area (Å²) in [5, 5.41) is 11.7. The van der Waals surface area contributed by atoms with Crippen LogP contribution in [-0.2, 0) is 12.8 Å². The molecule has 1 heterocycles. The van der Waals surface area contributed by atoms with Crippen LogP contribution in [0.25, 0.3) is 0 Å². The highest BCUT2D eigenvalue weighted by atomic mass is 32.2. The van der Waals surface area contributed by atoms with Gasteiger partial charge in [0.05, 0.1) is 0 Å². The maximum Gasteiger partial charge on any atom is 0.422 e. The number of tetrazole rings is 1. The molecule has 0 fully saturated rings. The van der Waals surface area contributed by atoms with Gasteiger partial charge in [-0.25, -0.2) is 4.68 Å². The topological polar surface area (TPSA) is 52.8 Å². The Hall–Kier alpha value is -1.77. The van der Waals surface area contributed by atoms with Crippen LogP contribution >= 0.6 is 11.8 Å². The van der Waals surface area contributed by atoms with Crippen LogP contribution in [0.1, 0.15) is 5.56 Å². The second kappa shape index (κ2) is 6.12. The standard InChI is InChI=1S/C11H11F3N4OS/c1-18-10(15-16-17-18)20-6-8-2-4-9(5-3-8)19-7-11(12,13)14/h2-5H,6-7H2,1H3.